The molecule has 0 spiro atoms. The molecule has 16 heteroatoms. The third kappa shape index (κ3) is 6.09. The molecular weight excluding hydrogens is 553 g/mol. The lowest BCUT2D eigenvalue weighted by Gasteiger charge is -2.42. The van der Waals surface area contributed by atoms with E-state index in [1.54, 1.807) is 0 Å². The van der Waals surface area contributed by atoms with Gasteiger partial charge in [-0.15, -0.1) is 0 Å². The molecule has 1 fully saturated rings. The number of carbonyl (C=O) groups excluding carboxylic acids is 3. The lowest BCUT2D eigenvalue weighted by molar-refractivity contribution is -0.384. The van der Waals surface area contributed by atoms with E-state index in [1.165, 1.54) is 35.2 Å². The lowest BCUT2D eigenvalue weighted by atomic mass is 9.85. The van der Waals surface area contributed by atoms with E-state index in [0.717, 1.165) is 10.7 Å². The van der Waals surface area contributed by atoms with Crippen LogP contribution in [0.2, 0.25) is 5.02 Å². The summed E-state index contributed by atoms with van der Waals surface area (Å²) in [7, 11) is 0. The molecule has 0 unspecified atom stereocenters. The van der Waals surface area contributed by atoms with Crippen LogP contribution in [0.5, 0.6) is 0 Å². The number of halogens is 2. The number of nitro benzene ring substituents is 1. The van der Waals surface area contributed by atoms with Crippen LogP contribution in [-0.4, -0.2) is 67.2 Å². The summed E-state index contributed by atoms with van der Waals surface area (Å²) in [5, 5.41) is 29.0. The number of carboxylic acid groups (broad SMARTS) is 1. The third-order valence-corrected chi connectivity index (χ3v) is 6.78. The summed E-state index contributed by atoms with van der Waals surface area (Å²) in [6.45, 7) is -1.07. The molecule has 14 nitrogen and oxygen atoms in total. The monoisotopic (exact) mass is 575 g/mol. The van der Waals surface area contributed by atoms with Crippen LogP contribution in [0, 0.1) is 15.9 Å². The Labute approximate surface area is 230 Å². The van der Waals surface area contributed by atoms with Gasteiger partial charge in [0, 0.05) is 41.7 Å². The maximum Gasteiger partial charge on any atom is 0.404 e. The summed E-state index contributed by atoms with van der Waals surface area (Å²) in [6, 6.07) is 7.04. The fourth-order valence-electron chi connectivity index (χ4n) is 4.45. The minimum atomic E-state index is -1.22. The molecule has 1 aromatic heterocycles. The van der Waals surface area contributed by atoms with Crippen molar-refractivity contribution in [3.05, 3.63) is 68.6 Å². The minimum absolute atomic E-state index is 0.0803. The zero-order valence-electron chi connectivity index (χ0n) is 20.7. The predicted octanol–water partition coefficient (Wildman–Crippen LogP) is 1.78. The number of amides is 4. The van der Waals surface area contributed by atoms with Gasteiger partial charge in [0.2, 0.25) is 11.8 Å². The number of nitrogens with zero attached hydrogens (tertiary/aromatic N) is 4. The Hall–Kier alpha value is -4.79. The molecule has 5 N–H and O–H groups in total. The van der Waals surface area contributed by atoms with Gasteiger partial charge in [0.05, 0.1) is 22.0 Å². The highest BCUT2D eigenvalue weighted by Crippen LogP contribution is 2.28. The Morgan fingerprint density at radius 1 is 1.25 bits per heavy atom. The number of non-ortho nitro benzene ring substituents is 1. The van der Waals surface area contributed by atoms with Gasteiger partial charge in [-0.25, -0.2) is 9.18 Å². The van der Waals surface area contributed by atoms with Gasteiger partial charge in [0.25, 0.3) is 11.6 Å². The molecule has 1 aliphatic rings. The second-order valence-electron chi connectivity index (χ2n) is 9.11. The summed E-state index contributed by atoms with van der Waals surface area (Å²) < 4.78 is 15.3. The SMILES string of the molecule is NC(=O)c1nn(CC(=O)N(CC(=O)NCc2cccc(Cl)c2F)[C@H]2C[C@H](NC(=O)O)C2)c2ccc([N+](=O)[O-])cc12. The number of carbonyl (C=O) groups is 4. The summed E-state index contributed by atoms with van der Waals surface area (Å²) >= 11 is 5.78. The standard InChI is InChI=1S/C24H23ClFN7O7/c25-17-3-1-2-12(21(17)26)9-28-19(34)10-31(15-6-13(7-15)29-24(37)38)20(35)11-32-18-5-4-14(33(39)40)8-16(18)22(30-32)23(27)36/h1-5,8,13,15,29H,6-7,9-11H2,(H2,27,36)(H,28,34)(H,37,38)/t13-,15-. The van der Waals surface area contributed by atoms with Crippen molar-refractivity contribution in [3.63, 3.8) is 0 Å². The number of aromatic nitrogens is 2. The Bertz CT molecular complexity index is 1520. The molecule has 1 saturated carbocycles. The van der Waals surface area contributed by atoms with Gasteiger partial charge < -0.3 is 26.4 Å². The number of fused-ring (bicyclic) bond motifs is 1. The van der Waals surface area contributed by atoms with Crippen molar-refractivity contribution >= 4 is 52.0 Å². The van der Waals surface area contributed by atoms with E-state index < -0.39 is 59.7 Å². The summed E-state index contributed by atoms with van der Waals surface area (Å²) in [5.41, 5.74) is 5.19. The van der Waals surface area contributed by atoms with E-state index in [9.17, 15) is 33.7 Å². The third-order valence-electron chi connectivity index (χ3n) is 6.49. The van der Waals surface area contributed by atoms with Crippen molar-refractivity contribution in [1.29, 1.82) is 0 Å². The van der Waals surface area contributed by atoms with Gasteiger partial charge in [-0.2, -0.15) is 5.10 Å². The highest BCUT2D eigenvalue weighted by Gasteiger charge is 2.38. The number of benzene rings is 2. The van der Waals surface area contributed by atoms with Gasteiger partial charge >= 0.3 is 6.09 Å². The van der Waals surface area contributed by atoms with Crippen molar-refractivity contribution in [2.75, 3.05) is 6.54 Å². The second kappa shape index (κ2) is 11.5. The fourth-order valence-corrected chi connectivity index (χ4v) is 4.64. The number of nitrogens with one attached hydrogen (secondary N) is 2. The lowest BCUT2D eigenvalue weighted by Crippen LogP contribution is -2.57. The first-order valence-electron chi connectivity index (χ1n) is 11.9. The number of nitrogens with two attached hydrogens (primary N) is 1. The minimum Gasteiger partial charge on any atom is -0.465 e. The van der Waals surface area contributed by atoms with E-state index in [-0.39, 0.29) is 52.3 Å². The van der Waals surface area contributed by atoms with Crippen molar-refractivity contribution < 1.29 is 33.6 Å². The highest BCUT2D eigenvalue weighted by atomic mass is 35.5. The largest absolute Gasteiger partial charge is 0.465 e. The molecule has 1 heterocycles. The highest BCUT2D eigenvalue weighted by molar-refractivity contribution is 6.30. The first kappa shape index (κ1) is 28.2. The molecule has 4 amide bonds. The second-order valence-corrected chi connectivity index (χ2v) is 9.52. The Balaban J connectivity index is 1.54. The molecule has 2 aromatic carbocycles. The molecule has 0 aliphatic heterocycles. The number of primary amides is 1. The molecule has 40 heavy (non-hydrogen) atoms. The van der Waals surface area contributed by atoms with Crippen LogP contribution in [-0.2, 0) is 22.7 Å². The average Bonchev–Trinajstić information content (AvgIpc) is 3.23. The van der Waals surface area contributed by atoms with Crippen LogP contribution >= 0.6 is 11.6 Å². The van der Waals surface area contributed by atoms with Crippen LogP contribution in [0.25, 0.3) is 10.9 Å². The number of hydrogen-bond acceptors (Lipinski definition) is 7. The molecule has 0 atom stereocenters. The van der Waals surface area contributed by atoms with E-state index in [4.69, 9.17) is 22.4 Å². The van der Waals surface area contributed by atoms with Crippen molar-refractivity contribution in [2.45, 2.75) is 38.0 Å². The molecule has 0 radical (unpaired) electrons. The first-order chi connectivity index (χ1) is 18.9. The van der Waals surface area contributed by atoms with Crippen molar-refractivity contribution in [3.8, 4) is 0 Å². The zero-order valence-corrected chi connectivity index (χ0v) is 21.4. The normalized spacial score (nSPS) is 16.1. The zero-order chi connectivity index (χ0) is 29.1. The molecule has 0 bridgehead atoms. The Morgan fingerprint density at radius 2 is 1.98 bits per heavy atom. The Kier molecular flexibility index (Phi) is 8.13. The van der Waals surface area contributed by atoms with Crippen LogP contribution in [0.4, 0.5) is 14.9 Å². The van der Waals surface area contributed by atoms with Crippen LogP contribution in [0.15, 0.2) is 36.4 Å². The van der Waals surface area contributed by atoms with Crippen molar-refractivity contribution in [2.24, 2.45) is 5.73 Å². The number of hydrogen-bond donors (Lipinski definition) is 4. The average molecular weight is 576 g/mol. The van der Waals surface area contributed by atoms with Crippen molar-refractivity contribution in [1.82, 2.24) is 25.3 Å². The van der Waals surface area contributed by atoms with Crippen LogP contribution in [0.3, 0.4) is 0 Å². The summed E-state index contributed by atoms with van der Waals surface area (Å²) in [6.07, 6.45) is -0.738. The van der Waals surface area contributed by atoms with E-state index >= 15 is 0 Å². The van der Waals surface area contributed by atoms with E-state index in [1.807, 2.05) is 0 Å². The first-order valence-corrected chi connectivity index (χ1v) is 12.3. The molecule has 4 rings (SSSR count). The predicted molar refractivity (Wildman–Crippen MR) is 138 cm³/mol. The quantitative estimate of drug-likeness (QED) is 0.207. The summed E-state index contributed by atoms with van der Waals surface area (Å²) in [4.78, 5) is 60.9. The van der Waals surface area contributed by atoms with Crippen LogP contribution < -0.4 is 16.4 Å². The molecule has 210 valence electrons. The number of rotatable bonds is 10. The van der Waals surface area contributed by atoms with Gasteiger partial charge in [0.1, 0.15) is 12.4 Å². The van der Waals surface area contributed by atoms with Gasteiger partial charge in [-0.05, 0) is 25.0 Å². The van der Waals surface area contributed by atoms with Gasteiger partial charge in [-0.1, -0.05) is 23.7 Å². The maximum atomic E-state index is 14.2. The number of nitro groups is 1. The maximum absolute atomic E-state index is 14.2. The summed E-state index contributed by atoms with van der Waals surface area (Å²) in [5.74, 6) is -2.85. The van der Waals surface area contributed by atoms with E-state index in [0.29, 0.717) is 0 Å². The Morgan fingerprint density at radius 3 is 2.62 bits per heavy atom. The van der Waals surface area contributed by atoms with Gasteiger partial charge in [0.15, 0.2) is 5.69 Å². The molecular formula is C24H23ClFN7O7. The smallest absolute Gasteiger partial charge is 0.404 e. The molecule has 1 aliphatic carbocycles. The fraction of sp³-hybridized carbons (Fsp3) is 0.292. The topological polar surface area (TPSA) is 203 Å². The molecule has 0 saturated heterocycles. The van der Waals surface area contributed by atoms with Gasteiger partial charge in [-0.3, -0.25) is 29.2 Å². The van der Waals surface area contributed by atoms with Crippen LogP contribution in [0.1, 0.15) is 28.9 Å². The van der Waals surface area contributed by atoms with E-state index in [2.05, 4.69) is 15.7 Å². The molecule has 3 aromatic rings.